The fourth-order valence-corrected chi connectivity index (χ4v) is 3.84. The average molecular weight is 318 g/mol. The van der Waals surface area contributed by atoms with E-state index in [1.54, 1.807) is 6.92 Å². The third-order valence-electron chi connectivity index (χ3n) is 3.12. The quantitative estimate of drug-likeness (QED) is 0.837. The number of rotatable bonds is 3. The lowest BCUT2D eigenvalue weighted by Gasteiger charge is -2.32. The predicted octanol–water partition coefficient (Wildman–Crippen LogP) is 0.869. The second-order valence-electron chi connectivity index (χ2n) is 4.55. The summed E-state index contributed by atoms with van der Waals surface area (Å²) in [5, 5.41) is 0. The molecule has 0 aromatic heterocycles. The van der Waals surface area contributed by atoms with Gasteiger partial charge in [0.2, 0.25) is 10.0 Å². The molecule has 2 rings (SSSR count). The first kappa shape index (κ1) is 15.3. The molecule has 1 aromatic carbocycles. The van der Waals surface area contributed by atoms with Crippen LogP contribution in [0.15, 0.2) is 23.1 Å². The van der Waals surface area contributed by atoms with Crippen molar-refractivity contribution in [2.45, 2.75) is 17.9 Å². The second-order valence-corrected chi connectivity index (χ2v) is 6.88. The van der Waals surface area contributed by atoms with E-state index >= 15 is 0 Å². The Hall–Kier alpha value is -1.09. The van der Waals surface area contributed by atoms with Crippen LogP contribution < -0.4 is 5.73 Å². The van der Waals surface area contributed by atoms with Crippen LogP contribution in [0.4, 0.5) is 4.39 Å². The summed E-state index contributed by atoms with van der Waals surface area (Å²) in [4.78, 5) is -0.190. The summed E-state index contributed by atoms with van der Waals surface area (Å²) in [6, 6.07) is 3.18. The van der Waals surface area contributed by atoms with Crippen molar-refractivity contribution in [2.75, 3.05) is 19.8 Å². The smallest absolute Gasteiger partial charge is 0.243 e. The Morgan fingerprint density at radius 1 is 1.55 bits per heavy atom. The van der Waals surface area contributed by atoms with Gasteiger partial charge in [0, 0.05) is 18.2 Å². The van der Waals surface area contributed by atoms with Crippen molar-refractivity contribution in [3.63, 3.8) is 0 Å². The number of nitrogens with zero attached hydrogens (tertiary/aromatic N) is 1. The van der Waals surface area contributed by atoms with Crippen LogP contribution in [0.5, 0.6) is 0 Å². The topological polar surface area (TPSA) is 72.6 Å². The summed E-state index contributed by atoms with van der Waals surface area (Å²) in [6.07, 6.45) is 0. The van der Waals surface area contributed by atoms with Gasteiger partial charge in [-0.2, -0.15) is 4.31 Å². The summed E-state index contributed by atoms with van der Waals surface area (Å²) in [6.45, 7) is 2.70. The van der Waals surface area contributed by atoms with E-state index in [0.717, 1.165) is 6.07 Å². The molecule has 0 amide bonds. The van der Waals surface area contributed by atoms with Gasteiger partial charge in [0.05, 0.1) is 18.1 Å². The van der Waals surface area contributed by atoms with Crippen LogP contribution in [-0.4, -0.2) is 43.5 Å². The van der Waals surface area contributed by atoms with Crippen LogP contribution in [0.2, 0.25) is 0 Å². The van der Waals surface area contributed by atoms with Crippen molar-refractivity contribution in [1.82, 2.24) is 4.31 Å². The molecule has 20 heavy (non-hydrogen) atoms. The number of thiocarbonyl (C=S) groups is 1. The Labute approximate surface area is 122 Å². The Morgan fingerprint density at radius 3 is 2.85 bits per heavy atom. The zero-order chi connectivity index (χ0) is 14.9. The summed E-state index contributed by atoms with van der Waals surface area (Å²) in [5.74, 6) is -0.633. The Balaban J connectivity index is 2.44. The third kappa shape index (κ3) is 2.83. The number of nitrogens with two attached hydrogens (primary N) is 1. The number of benzene rings is 1. The minimum atomic E-state index is -3.71. The van der Waals surface area contributed by atoms with E-state index in [9.17, 15) is 12.8 Å². The number of hydrogen-bond acceptors (Lipinski definition) is 4. The van der Waals surface area contributed by atoms with Crippen molar-refractivity contribution in [3.8, 4) is 0 Å². The molecule has 1 aliphatic rings. The van der Waals surface area contributed by atoms with Gasteiger partial charge >= 0.3 is 0 Å². The van der Waals surface area contributed by atoms with Crippen molar-refractivity contribution < 1.29 is 17.5 Å². The maximum absolute atomic E-state index is 13.5. The SMILES string of the molecule is CC1COCCN1S(=O)(=O)c1ccc(F)c(C(N)=S)c1. The van der Waals surface area contributed by atoms with Crippen LogP contribution in [0.25, 0.3) is 0 Å². The highest BCUT2D eigenvalue weighted by Gasteiger charge is 2.32. The van der Waals surface area contributed by atoms with Crippen LogP contribution in [-0.2, 0) is 14.8 Å². The lowest BCUT2D eigenvalue weighted by atomic mass is 10.2. The lowest BCUT2D eigenvalue weighted by molar-refractivity contribution is 0.0393. The minimum absolute atomic E-state index is 0.0181. The van der Waals surface area contributed by atoms with E-state index in [1.165, 1.54) is 16.4 Å². The normalized spacial score (nSPS) is 20.8. The largest absolute Gasteiger partial charge is 0.389 e. The van der Waals surface area contributed by atoms with Crippen LogP contribution in [0, 0.1) is 5.82 Å². The van der Waals surface area contributed by atoms with E-state index in [1.807, 2.05) is 0 Å². The Morgan fingerprint density at radius 2 is 2.25 bits per heavy atom. The third-order valence-corrected chi connectivity index (χ3v) is 5.35. The molecule has 1 heterocycles. The zero-order valence-corrected chi connectivity index (χ0v) is 12.5. The van der Waals surface area contributed by atoms with Crippen molar-refractivity contribution in [1.29, 1.82) is 0 Å². The highest BCUT2D eigenvalue weighted by atomic mass is 32.2. The van der Waals surface area contributed by atoms with Gasteiger partial charge in [-0.1, -0.05) is 12.2 Å². The summed E-state index contributed by atoms with van der Waals surface area (Å²) >= 11 is 4.72. The molecule has 0 bridgehead atoms. The highest BCUT2D eigenvalue weighted by Crippen LogP contribution is 2.22. The molecule has 110 valence electrons. The van der Waals surface area contributed by atoms with E-state index in [0.29, 0.717) is 13.2 Å². The molecule has 1 fully saturated rings. The molecular weight excluding hydrogens is 303 g/mol. The molecule has 0 aliphatic carbocycles. The number of halogens is 1. The highest BCUT2D eigenvalue weighted by molar-refractivity contribution is 7.89. The molecule has 0 saturated carbocycles. The molecule has 0 radical (unpaired) electrons. The van der Waals surface area contributed by atoms with Gasteiger partial charge < -0.3 is 10.5 Å². The molecule has 5 nitrogen and oxygen atoms in total. The number of morpholine rings is 1. The molecule has 0 spiro atoms. The van der Waals surface area contributed by atoms with Crippen molar-refractivity contribution in [2.24, 2.45) is 5.73 Å². The van der Waals surface area contributed by atoms with Crippen LogP contribution in [0.1, 0.15) is 12.5 Å². The molecule has 1 unspecified atom stereocenters. The molecule has 1 atom stereocenters. The summed E-state index contributed by atoms with van der Waals surface area (Å²) in [5.41, 5.74) is 5.33. The standard InChI is InChI=1S/C12H15FN2O3S2/c1-8-7-18-5-4-15(8)20(16,17)9-2-3-11(13)10(6-9)12(14)19/h2-3,6,8H,4-5,7H2,1H3,(H2,14,19). The van der Waals surface area contributed by atoms with Gasteiger partial charge in [0.1, 0.15) is 10.8 Å². The molecule has 1 saturated heterocycles. The van der Waals surface area contributed by atoms with Crippen molar-refractivity contribution in [3.05, 3.63) is 29.6 Å². The molecule has 1 aliphatic heterocycles. The molecule has 2 N–H and O–H groups in total. The predicted molar refractivity (Wildman–Crippen MR) is 76.5 cm³/mol. The average Bonchev–Trinajstić information content (AvgIpc) is 2.38. The summed E-state index contributed by atoms with van der Waals surface area (Å²) < 4.78 is 45.2. The monoisotopic (exact) mass is 318 g/mol. The first-order chi connectivity index (χ1) is 9.34. The number of ether oxygens (including phenoxy) is 1. The molecule has 8 heteroatoms. The van der Waals surface area contributed by atoms with Crippen molar-refractivity contribution >= 4 is 27.2 Å². The second kappa shape index (κ2) is 5.72. The fourth-order valence-electron chi connectivity index (χ4n) is 2.06. The fraction of sp³-hybridized carbons (Fsp3) is 0.417. The minimum Gasteiger partial charge on any atom is -0.389 e. The van der Waals surface area contributed by atoms with Crippen LogP contribution in [0.3, 0.4) is 0 Å². The van der Waals surface area contributed by atoms with E-state index in [2.05, 4.69) is 0 Å². The van der Waals surface area contributed by atoms with E-state index < -0.39 is 15.8 Å². The van der Waals surface area contributed by atoms with Gasteiger partial charge in [0.25, 0.3) is 0 Å². The number of sulfonamides is 1. The first-order valence-electron chi connectivity index (χ1n) is 6.03. The Bertz CT molecular complexity index is 634. The van der Waals surface area contributed by atoms with Gasteiger partial charge in [0.15, 0.2) is 0 Å². The van der Waals surface area contributed by atoms with Gasteiger partial charge in [-0.25, -0.2) is 12.8 Å². The lowest BCUT2D eigenvalue weighted by Crippen LogP contribution is -2.46. The molecular formula is C12H15FN2O3S2. The zero-order valence-electron chi connectivity index (χ0n) is 10.9. The van der Waals surface area contributed by atoms with Crippen LogP contribution >= 0.6 is 12.2 Å². The first-order valence-corrected chi connectivity index (χ1v) is 7.88. The van der Waals surface area contributed by atoms with Gasteiger partial charge in [-0.15, -0.1) is 0 Å². The summed E-state index contributed by atoms with van der Waals surface area (Å²) in [7, 11) is -3.71. The maximum Gasteiger partial charge on any atom is 0.243 e. The number of hydrogen-bond donors (Lipinski definition) is 1. The van der Waals surface area contributed by atoms with E-state index in [-0.39, 0.29) is 28.0 Å². The maximum atomic E-state index is 13.5. The Kier molecular flexibility index (Phi) is 4.38. The molecule has 1 aromatic rings. The van der Waals surface area contributed by atoms with E-state index in [4.69, 9.17) is 22.7 Å². The van der Waals surface area contributed by atoms with Gasteiger partial charge in [-0.3, -0.25) is 0 Å². The van der Waals surface area contributed by atoms with Gasteiger partial charge in [-0.05, 0) is 25.1 Å².